The van der Waals surface area contributed by atoms with Crippen LogP contribution in [0.4, 0.5) is 10.5 Å². The summed E-state index contributed by atoms with van der Waals surface area (Å²) in [6.07, 6.45) is -0.0824. The Kier molecular flexibility index (Phi) is 5.32. The van der Waals surface area contributed by atoms with Crippen molar-refractivity contribution in [1.82, 2.24) is 5.32 Å². The predicted molar refractivity (Wildman–Crippen MR) is 66.4 cm³/mol. The zero-order chi connectivity index (χ0) is 14.3. The summed E-state index contributed by atoms with van der Waals surface area (Å²) in [7, 11) is 0. The quantitative estimate of drug-likeness (QED) is 0.616. The SMILES string of the molecule is N#Cc1cccc(NC(=O)N[C@@H](CCO)C(=O)O)c1. The van der Waals surface area contributed by atoms with E-state index in [0.717, 1.165) is 0 Å². The van der Waals surface area contributed by atoms with Gasteiger partial charge in [-0.05, 0) is 18.2 Å². The number of carboxylic acids is 1. The number of nitrogens with zero attached hydrogens (tertiary/aromatic N) is 1. The molecule has 0 aliphatic rings. The van der Waals surface area contributed by atoms with Gasteiger partial charge >= 0.3 is 12.0 Å². The number of aliphatic hydroxyl groups excluding tert-OH is 1. The lowest BCUT2D eigenvalue weighted by Crippen LogP contribution is -2.43. The molecular weight excluding hydrogens is 250 g/mol. The largest absolute Gasteiger partial charge is 0.480 e. The zero-order valence-electron chi connectivity index (χ0n) is 9.96. The number of nitriles is 1. The number of nitrogens with one attached hydrogen (secondary N) is 2. The number of carbonyl (C=O) groups is 2. The molecule has 1 rings (SSSR count). The van der Waals surface area contributed by atoms with Crippen molar-refractivity contribution in [3.63, 3.8) is 0 Å². The van der Waals surface area contributed by atoms with E-state index in [1.165, 1.54) is 6.07 Å². The molecule has 1 atom stereocenters. The van der Waals surface area contributed by atoms with Crippen LogP contribution in [0.2, 0.25) is 0 Å². The Morgan fingerprint density at radius 3 is 2.74 bits per heavy atom. The summed E-state index contributed by atoms with van der Waals surface area (Å²) >= 11 is 0. The molecule has 100 valence electrons. The lowest BCUT2D eigenvalue weighted by Gasteiger charge is -2.14. The fourth-order valence-electron chi connectivity index (χ4n) is 1.38. The minimum Gasteiger partial charge on any atom is -0.480 e. The first-order valence-corrected chi connectivity index (χ1v) is 5.48. The van der Waals surface area contributed by atoms with Gasteiger partial charge in [-0.15, -0.1) is 0 Å². The fourth-order valence-corrected chi connectivity index (χ4v) is 1.38. The van der Waals surface area contributed by atoms with Crippen molar-refractivity contribution < 1.29 is 19.8 Å². The van der Waals surface area contributed by atoms with Gasteiger partial charge in [0.2, 0.25) is 0 Å². The van der Waals surface area contributed by atoms with Gasteiger partial charge in [0, 0.05) is 18.7 Å². The van der Waals surface area contributed by atoms with Gasteiger partial charge in [0.25, 0.3) is 0 Å². The first-order chi connectivity index (χ1) is 9.06. The van der Waals surface area contributed by atoms with Crippen LogP contribution in [-0.4, -0.2) is 34.9 Å². The second-order valence-corrected chi connectivity index (χ2v) is 3.69. The highest BCUT2D eigenvalue weighted by molar-refractivity contribution is 5.92. The summed E-state index contributed by atoms with van der Waals surface area (Å²) in [4.78, 5) is 22.3. The van der Waals surface area contributed by atoms with Gasteiger partial charge in [0.15, 0.2) is 0 Å². The summed E-state index contributed by atoms with van der Waals surface area (Å²) in [5.41, 5.74) is 0.757. The van der Waals surface area contributed by atoms with Crippen LogP contribution in [0.15, 0.2) is 24.3 Å². The summed E-state index contributed by atoms with van der Waals surface area (Å²) in [6.45, 7) is -0.346. The number of hydrogen-bond donors (Lipinski definition) is 4. The highest BCUT2D eigenvalue weighted by Gasteiger charge is 2.19. The van der Waals surface area contributed by atoms with Crippen molar-refractivity contribution >= 4 is 17.7 Å². The molecule has 0 spiro atoms. The molecule has 19 heavy (non-hydrogen) atoms. The van der Waals surface area contributed by atoms with Gasteiger partial charge in [-0.3, -0.25) is 0 Å². The van der Waals surface area contributed by atoms with Crippen LogP contribution >= 0.6 is 0 Å². The van der Waals surface area contributed by atoms with Crippen molar-refractivity contribution in [2.75, 3.05) is 11.9 Å². The van der Waals surface area contributed by atoms with Crippen LogP contribution in [0.5, 0.6) is 0 Å². The number of aliphatic carboxylic acids is 1. The number of carbonyl (C=O) groups excluding carboxylic acids is 1. The van der Waals surface area contributed by atoms with E-state index in [1.807, 2.05) is 6.07 Å². The maximum atomic E-state index is 11.6. The normalized spacial score (nSPS) is 11.2. The third kappa shape index (κ3) is 4.65. The minimum absolute atomic E-state index is 0.0824. The third-order valence-corrected chi connectivity index (χ3v) is 2.27. The monoisotopic (exact) mass is 263 g/mol. The number of rotatable bonds is 5. The second-order valence-electron chi connectivity index (χ2n) is 3.69. The molecule has 1 aromatic rings. The molecule has 7 heteroatoms. The Morgan fingerprint density at radius 2 is 2.16 bits per heavy atom. The second kappa shape index (κ2) is 6.98. The molecular formula is C12H13N3O4. The molecule has 7 nitrogen and oxygen atoms in total. The van der Waals surface area contributed by atoms with Gasteiger partial charge in [-0.25, -0.2) is 9.59 Å². The maximum Gasteiger partial charge on any atom is 0.326 e. The van der Waals surface area contributed by atoms with Gasteiger partial charge in [-0.2, -0.15) is 5.26 Å². The topological polar surface area (TPSA) is 122 Å². The Morgan fingerprint density at radius 1 is 1.42 bits per heavy atom. The van der Waals surface area contributed by atoms with Crippen LogP contribution < -0.4 is 10.6 Å². The average Bonchev–Trinajstić information content (AvgIpc) is 2.38. The molecule has 0 aliphatic heterocycles. The molecule has 0 fully saturated rings. The van der Waals surface area contributed by atoms with Gasteiger partial charge in [-0.1, -0.05) is 6.07 Å². The molecule has 1 aromatic carbocycles. The highest BCUT2D eigenvalue weighted by Crippen LogP contribution is 2.09. The first-order valence-electron chi connectivity index (χ1n) is 5.48. The summed E-state index contributed by atoms with van der Waals surface area (Å²) in [5, 5.41) is 30.8. The van der Waals surface area contributed by atoms with E-state index in [1.54, 1.807) is 18.2 Å². The van der Waals surface area contributed by atoms with E-state index in [9.17, 15) is 9.59 Å². The molecule has 0 saturated carbocycles. The molecule has 0 radical (unpaired) electrons. The number of carboxylic acid groups (broad SMARTS) is 1. The number of anilines is 1. The van der Waals surface area contributed by atoms with E-state index in [2.05, 4.69) is 10.6 Å². The minimum atomic E-state index is -1.23. The Hall–Kier alpha value is -2.59. The number of amides is 2. The van der Waals surface area contributed by atoms with E-state index >= 15 is 0 Å². The summed E-state index contributed by atoms with van der Waals surface area (Å²) in [5.74, 6) is -1.23. The lowest BCUT2D eigenvalue weighted by molar-refractivity contribution is -0.139. The number of benzene rings is 1. The zero-order valence-corrected chi connectivity index (χ0v) is 9.96. The van der Waals surface area contributed by atoms with Crippen molar-refractivity contribution in [3.05, 3.63) is 29.8 Å². The fraction of sp³-hybridized carbons (Fsp3) is 0.250. The van der Waals surface area contributed by atoms with Gasteiger partial charge < -0.3 is 20.8 Å². The first kappa shape index (κ1) is 14.5. The van der Waals surface area contributed by atoms with Crippen molar-refractivity contribution in [1.29, 1.82) is 5.26 Å². The van der Waals surface area contributed by atoms with E-state index in [0.29, 0.717) is 11.3 Å². The maximum absolute atomic E-state index is 11.6. The number of urea groups is 1. The Labute approximate surface area is 109 Å². The molecule has 0 saturated heterocycles. The molecule has 0 unspecified atom stereocenters. The van der Waals surface area contributed by atoms with Crippen molar-refractivity contribution in [3.8, 4) is 6.07 Å². The third-order valence-electron chi connectivity index (χ3n) is 2.27. The smallest absolute Gasteiger partial charge is 0.326 e. The number of hydrogen-bond acceptors (Lipinski definition) is 4. The standard InChI is InChI=1S/C12H13N3O4/c13-7-8-2-1-3-9(6-8)14-12(19)15-10(4-5-16)11(17)18/h1-3,6,10,16H,4-5H2,(H,17,18)(H2,14,15,19)/t10-/m0/s1. The van der Waals surface area contributed by atoms with E-state index in [-0.39, 0.29) is 13.0 Å². The molecule has 0 heterocycles. The summed E-state index contributed by atoms with van der Waals surface area (Å²) in [6, 6.07) is 6.25. The molecule has 4 N–H and O–H groups in total. The van der Waals surface area contributed by atoms with Crippen LogP contribution in [0.3, 0.4) is 0 Å². The van der Waals surface area contributed by atoms with Gasteiger partial charge in [0.1, 0.15) is 6.04 Å². The van der Waals surface area contributed by atoms with Crippen LogP contribution in [0, 0.1) is 11.3 Å². The molecule has 0 aromatic heterocycles. The van der Waals surface area contributed by atoms with Crippen molar-refractivity contribution in [2.24, 2.45) is 0 Å². The molecule has 2 amide bonds. The van der Waals surface area contributed by atoms with Crippen molar-refractivity contribution in [2.45, 2.75) is 12.5 Å². The van der Waals surface area contributed by atoms with Crippen LogP contribution in [0.1, 0.15) is 12.0 Å². The Bertz CT molecular complexity index is 510. The molecule has 0 bridgehead atoms. The molecule has 0 aliphatic carbocycles. The van der Waals surface area contributed by atoms with Crippen LogP contribution in [-0.2, 0) is 4.79 Å². The van der Waals surface area contributed by atoms with Gasteiger partial charge in [0.05, 0.1) is 11.6 Å². The number of aliphatic hydroxyl groups is 1. The summed E-state index contributed by atoms with van der Waals surface area (Å²) < 4.78 is 0. The van der Waals surface area contributed by atoms with E-state index < -0.39 is 18.0 Å². The van der Waals surface area contributed by atoms with Crippen LogP contribution in [0.25, 0.3) is 0 Å². The lowest BCUT2D eigenvalue weighted by atomic mass is 10.2. The Balaban J connectivity index is 2.63. The predicted octanol–water partition coefficient (Wildman–Crippen LogP) is 0.515. The van der Waals surface area contributed by atoms with E-state index in [4.69, 9.17) is 15.5 Å². The highest BCUT2D eigenvalue weighted by atomic mass is 16.4. The average molecular weight is 263 g/mol.